The van der Waals surface area contributed by atoms with Crippen molar-refractivity contribution in [1.82, 2.24) is 0 Å². The van der Waals surface area contributed by atoms with Gasteiger partial charge in [0.05, 0.1) is 12.5 Å². The molecule has 1 rings (SSSR count). The molecular weight excluding hydrogens is 180 g/mol. The predicted molar refractivity (Wildman–Crippen MR) is 53.5 cm³/mol. The highest BCUT2D eigenvalue weighted by Crippen LogP contribution is 2.04. The largest absolute Gasteiger partial charge is 0.481 e. The van der Waals surface area contributed by atoms with E-state index in [-0.39, 0.29) is 0 Å². The Hall–Kier alpha value is -2.02. The van der Waals surface area contributed by atoms with E-state index in [2.05, 4.69) is 6.07 Å². The van der Waals surface area contributed by atoms with Crippen LogP contribution < -0.4 is 5.73 Å². The lowest BCUT2D eigenvalue weighted by Crippen LogP contribution is -1.85. The fourth-order valence-corrected chi connectivity index (χ4v) is 0.727. The van der Waals surface area contributed by atoms with E-state index in [0.717, 1.165) is 18.2 Å². The number of nitrogen functional groups attached to an aromatic ring is 1. The van der Waals surface area contributed by atoms with Gasteiger partial charge < -0.3 is 10.8 Å². The van der Waals surface area contributed by atoms with Gasteiger partial charge in [-0.2, -0.15) is 5.26 Å². The lowest BCUT2D eigenvalue weighted by atomic mass is 10.1. The van der Waals surface area contributed by atoms with Crippen LogP contribution in [0.5, 0.6) is 0 Å². The van der Waals surface area contributed by atoms with Crippen LogP contribution in [0.25, 0.3) is 0 Å². The highest BCUT2D eigenvalue weighted by Gasteiger charge is 1.88. The maximum absolute atomic E-state index is 9.00. The molecule has 0 heterocycles. The molecule has 1 aromatic carbocycles. The van der Waals surface area contributed by atoms with Crippen molar-refractivity contribution < 1.29 is 9.90 Å². The highest BCUT2D eigenvalue weighted by molar-refractivity contribution is 5.62. The number of rotatable bonds is 1. The van der Waals surface area contributed by atoms with Crippen LogP contribution in [0.3, 0.4) is 0 Å². The molecular formula is C10H12N2O2. The van der Waals surface area contributed by atoms with E-state index in [4.69, 9.17) is 20.9 Å². The zero-order valence-corrected chi connectivity index (χ0v) is 7.90. The van der Waals surface area contributed by atoms with Crippen LogP contribution in [0, 0.1) is 11.3 Å². The van der Waals surface area contributed by atoms with Crippen molar-refractivity contribution in [3.8, 4) is 6.07 Å². The zero-order valence-electron chi connectivity index (χ0n) is 7.90. The van der Waals surface area contributed by atoms with Gasteiger partial charge in [0.25, 0.3) is 5.97 Å². The molecule has 0 spiro atoms. The topological polar surface area (TPSA) is 87.1 Å². The van der Waals surface area contributed by atoms with Crippen molar-refractivity contribution in [1.29, 1.82) is 5.26 Å². The summed E-state index contributed by atoms with van der Waals surface area (Å²) in [5, 5.41) is 15.7. The SMILES string of the molecule is CC(=O)O.N#CCc1ccc(N)cc1. The van der Waals surface area contributed by atoms with Gasteiger partial charge in [-0.25, -0.2) is 0 Å². The van der Waals surface area contributed by atoms with Crippen molar-refractivity contribution in [2.24, 2.45) is 0 Å². The van der Waals surface area contributed by atoms with Crippen LogP contribution in [0.4, 0.5) is 5.69 Å². The van der Waals surface area contributed by atoms with Crippen LogP contribution >= 0.6 is 0 Å². The van der Waals surface area contributed by atoms with Gasteiger partial charge >= 0.3 is 0 Å². The number of hydrogen-bond donors (Lipinski definition) is 2. The molecule has 4 nitrogen and oxygen atoms in total. The minimum Gasteiger partial charge on any atom is -0.481 e. The number of nitriles is 1. The molecule has 0 saturated carbocycles. The normalized spacial score (nSPS) is 8.00. The molecule has 0 unspecified atom stereocenters. The second kappa shape index (κ2) is 6.49. The summed E-state index contributed by atoms with van der Waals surface area (Å²) in [5.74, 6) is -0.833. The van der Waals surface area contributed by atoms with Gasteiger partial charge in [-0.3, -0.25) is 4.79 Å². The molecule has 0 aliphatic rings. The van der Waals surface area contributed by atoms with Crippen LogP contribution in [-0.2, 0) is 11.2 Å². The fraction of sp³-hybridized carbons (Fsp3) is 0.200. The average molecular weight is 192 g/mol. The molecule has 74 valence electrons. The highest BCUT2D eigenvalue weighted by atomic mass is 16.4. The van der Waals surface area contributed by atoms with Gasteiger partial charge in [-0.1, -0.05) is 12.1 Å². The first-order chi connectivity index (χ1) is 6.56. The number of carbonyl (C=O) groups is 1. The Balaban J connectivity index is 0.000000364. The predicted octanol–water partition coefficient (Wildman–Crippen LogP) is 1.43. The van der Waals surface area contributed by atoms with Crippen molar-refractivity contribution >= 4 is 11.7 Å². The van der Waals surface area contributed by atoms with Gasteiger partial charge in [0.2, 0.25) is 0 Å². The van der Waals surface area contributed by atoms with Gasteiger partial charge in [0.15, 0.2) is 0 Å². The standard InChI is InChI=1S/C8H8N2.C2H4O2/c9-6-5-7-1-3-8(10)4-2-7;1-2(3)4/h1-4H,5,10H2;1H3,(H,3,4). The Morgan fingerprint density at radius 1 is 1.50 bits per heavy atom. The van der Waals surface area contributed by atoms with E-state index < -0.39 is 5.97 Å². The number of nitrogens with zero attached hydrogens (tertiary/aromatic N) is 1. The third kappa shape index (κ3) is 6.68. The van der Waals surface area contributed by atoms with Crippen molar-refractivity contribution in [3.05, 3.63) is 29.8 Å². The van der Waals surface area contributed by atoms with Crippen LogP contribution in [0.15, 0.2) is 24.3 Å². The summed E-state index contributed by atoms with van der Waals surface area (Å²) in [5.41, 5.74) is 7.19. The van der Waals surface area contributed by atoms with Crippen molar-refractivity contribution in [2.45, 2.75) is 13.3 Å². The summed E-state index contributed by atoms with van der Waals surface area (Å²) in [6, 6.07) is 9.38. The smallest absolute Gasteiger partial charge is 0.300 e. The molecule has 0 fully saturated rings. The molecule has 14 heavy (non-hydrogen) atoms. The van der Waals surface area contributed by atoms with Crippen molar-refractivity contribution in [2.75, 3.05) is 5.73 Å². The fourth-order valence-electron chi connectivity index (χ4n) is 0.727. The number of nitrogens with two attached hydrogens (primary N) is 1. The first-order valence-electron chi connectivity index (χ1n) is 3.97. The molecule has 0 aromatic heterocycles. The lowest BCUT2D eigenvalue weighted by Gasteiger charge is -1.93. The summed E-state index contributed by atoms with van der Waals surface area (Å²) < 4.78 is 0. The zero-order chi connectivity index (χ0) is 11.0. The molecule has 0 amide bonds. The van der Waals surface area contributed by atoms with E-state index in [9.17, 15) is 0 Å². The summed E-state index contributed by atoms with van der Waals surface area (Å²) >= 11 is 0. The maximum atomic E-state index is 9.00. The monoisotopic (exact) mass is 192 g/mol. The number of carboxylic acid groups (broad SMARTS) is 1. The van der Waals surface area contributed by atoms with Gasteiger partial charge in [-0.05, 0) is 17.7 Å². The van der Waals surface area contributed by atoms with E-state index in [1.807, 2.05) is 12.1 Å². The lowest BCUT2D eigenvalue weighted by molar-refractivity contribution is -0.134. The third-order valence-corrected chi connectivity index (χ3v) is 1.26. The summed E-state index contributed by atoms with van der Waals surface area (Å²) in [7, 11) is 0. The molecule has 0 aliphatic carbocycles. The van der Waals surface area contributed by atoms with E-state index in [1.165, 1.54) is 0 Å². The van der Waals surface area contributed by atoms with E-state index >= 15 is 0 Å². The number of hydrogen-bond acceptors (Lipinski definition) is 3. The van der Waals surface area contributed by atoms with Gasteiger partial charge in [-0.15, -0.1) is 0 Å². The maximum Gasteiger partial charge on any atom is 0.300 e. The Morgan fingerprint density at radius 3 is 2.29 bits per heavy atom. The molecule has 0 bridgehead atoms. The minimum atomic E-state index is -0.833. The molecule has 0 atom stereocenters. The summed E-state index contributed by atoms with van der Waals surface area (Å²) in [4.78, 5) is 9.00. The average Bonchev–Trinajstić information content (AvgIpc) is 2.08. The Kier molecular flexibility index (Phi) is 5.55. The number of carboxylic acids is 1. The van der Waals surface area contributed by atoms with Gasteiger partial charge in [0.1, 0.15) is 0 Å². The molecule has 3 N–H and O–H groups in total. The minimum absolute atomic E-state index is 0.459. The van der Waals surface area contributed by atoms with Crippen molar-refractivity contribution in [3.63, 3.8) is 0 Å². The van der Waals surface area contributed by atoms with Crippen LogP contribution in [0.2, 0.25) is 0 Å². The first-order valence-corrected chi connectivity index (χ1v) is 3.97. The molecule has 0 aliphatic heterocycles. The number of anilines is 1. The Bertz CT molecular complexity index is 321. The second-order valence-electron chi connectivity index (χ2n) is 2.60. The van der Waals surface area contributed by atoms with Gasteiger partial charge in [0, 0.05) is 12.6 Å². The number of benzene rings is 1. The second-order valence-corrected chi connectivity index (χ2v) is 2.60. The van der Waals surface area contributed by atoms with E-state index in [1.54, 1.807) is 12.1 Å². The molecule has 0 saturated heterocycles. The van der Waals surface area contributed by atoms with E-state index in [0.29, 0.717) is 6.42 Å². The molecule has 0 radical (unpaired) electrons. The molecule has 4 heteroatoms. The van der Waals surface area contributed by atoms with Crippen LogP contribution in [-0.4, -0.2) is 11.1 Å². The Labute approximate surface area is 82.6 Å². The number of aliphatic carboxylic acids is 1. The summed E-state index contributed by atoms with van der Waals surface area (Å²) in [6.07, 6.45) is 0.459. The first kappa shape index (κ1) is 12.0. The third-order valence-electron chi connectivity index (χ3n) is 1.26. The molecule has 1 aromatic rings. The Morgan fingerprint density at radius 2 is 1.93 bits per heavy atom. The summed E-state index contributed by atoms with van der Waals surface area (Å²) in [6.45, 7) is 1.08. The van der Waals surface area contributed by atoms with Crippen LogP contribution in [0.1, 0.15) is 12.5 Å². The quantitative estimate of drug-likeness (QED) is 0.659.